The van der Waals surface area contributed by atoms with Crippen LogP contribution in [0.4, 0.5) is 30.6 Å². The van der Waals surface area contributed by atoms with Crippen LogP contribution < -0.4 is 15.5 Å². The molecule has 0 fully saturated rings. The van der Waals surface area contributed by atoms with Gasteiger partial charge < -0.3 is 15.5 Å². The Balaban J connectivity index is 1.49. The van der Waals surface area contributed by atoms with E-state index in [4.69, 9.17) is 0 Å². The van der Waals surface area contributed by atoms with Crippen molar-refractivity contribution in [3.8, 4) is 0 Å². The maximum absolute atomic E-state index is 13.0. The number of fused-ring (bicyclic) bond motifs is 3. The second-order valence-electron chi connectivity index (χ2n) is 7.91. The fraction of sp³-hybridized carbons (Fsp3) is 0.217. The summed E-state index contributed by atoms with van der Waals surface area (Å²) in [6.07, 6.45) is -0.276. The lowest BCUT2D eigenvalue weighted by Gasteiger charge is -2.28. The lowest BCUT2D eigenvalue weighted by molar-refractivity contribution is -0.141. The Morgan fingerprint density at radius 3 is 2.74 bits per heavy atom. The van der Waals surface area contributed by atoms with E-state index >= 15 is 0 Å². The summed E-state index contributed by atoms with van der Waals surface area (Å²) in [5, 5.41) is 5.57. The van der Waals surface area contributed by atoms with E-state index in [0.717, 1.165) is 40.2 Å². The highest BCUT2D eigenvalue weighted by atomic mass is 19.4. The van der Waals surface area contributed by atoms with Gasteiger partial charge in [0.15, 0.2) is 0 Å². The minimum atomic E-state index is -4.68. The van der Waals surface area contributed by atoms with Gasteiger partial charge in [-0.15, -0.1) is 0 Å². The number of alkyl halides is 3. The van der Waals surface area contributed by atoms with Gasteiger partial charge in [0, 0.05) is 42.7 Å². The standard InChI is InChI=1S/C23H19F3N8O/c1-12-3-4-14(32-21(35)17-9-18(23(24,25)26)31-11-30-17)8-15(12)16-7-13-10-29-22(27-2)33-19(13)34-6-5-28-20(16)34/h3-4,7-11H,5-6H2,1-2H3,(H,32,35)(H,27,29,33). The average Bonchev–Trinajstić information content (AvgIpc) is 3.34. The number of carbonyl (C=O) groups excluding carboxylic acids is 1. The largest absolute Gasteiger partial charge is 0.433 e. The molecule has 3 aromatic rings. The normalized spacial score (nSPS) is 14.6. The van der Waals surface area contributed by atoms with Gasteiger partial charge in [0.1, 0.15) is 29.4 Å². The molecule has 12 heteroatoms. The predicted octanol–water partition coefficient (Wildman–Crippen LogP) is 3.66. The first-order valence-corrected chi connectivity index (χ1v) is 10.6. The van der Waals surface area contributed by atoms with Gasteiger partial charge in [0.25, 0.3) is 5.91 Å². The molecule has 5 rings (SSSR count). The third-order valence-electron chi connectivity index (χ3n) is 5.63. The summed E-state index contributed by atoms with van der Waals surface area (Å²) >= 11 is 0. The number of halogens is 3. The molecule has 0 saturated carbocycles. The van der Waals surface area contributed by atoms with E-state index in [9.17, 15) is 18.0 Å². The Labute approximate surface area is 197 Å². The number of amidine groups is 1. The van der Waals surface area contributed by atoms with Gasteiger partial charge in [-0.25, -0.2) is 15.0 Å². The lowest BCUT2D eigenvalue weighted by Crippen LogP contribution is -2.32. The van der Waals surface area contributed by atoms with Crippen LogP contribution in [-0.4, -0.2) is 51.8 Å². The van der Waals surface area contributed by atoms with Crippen LogP contribution in [0.25, 0.3) is 11.6 Å². The number of hydrogen-bond donors (Lipinski definition) is 2. The third-order valence-corrected chi connectivity index (χ3v) is 5.63. The van der Waals surface area contributed by atoms with Crippen LogP contribution in [0.3, 0.4) is 0 Å². The van der Waals surface area contributed by atoms with E-state index in [1.165, 1.54) is 0 Å². The van der Waals surface area contributed by atoms with Gasteiger partial charge in [0.05, 0.1) is 6.54 Å². The summed E-state index contributed by atoms with van der Waals surface area (Å²) < 4.78 is 38.9. The molecule has 4 heterocycles. The number of hydrogen-bond acceptors (Lipinski definition) is 8. The zero-order valence-electron chi connectivity index (χ0n) is 18.7. The highest BCUT2D eigenvalue weighted by Gasteiger charge is 2.34. The maximum Gasteiger partial charge on any atom is 0.433 e. The molecule has 0 bridgehead atoms. The Hall–Kier alpha value is -4.35. The van der Waals surface area contributed by atoms with Gasteiger partial charge in [-0.1, -0.05) is 6.07 Å². The molecule has 2 aliphatic rings. The predicted molar refractivity (Wildman–Crippen MR) is 125 cm³/mol. The van der Waals surface area contributed by atoms with Gasteiger partial charge >= 0.3 is 6.18 Å². The van der Waals surface area contributed by atoms with Crippen LogP contribution >= 0.6 is 0 Å². The minimum absolute atomic E-state index is 0.385. The van der Waals surface area contributed by atoms with Crippen molar-refractivity contribution < 1.29 is 18.0 Å². The molecule has 0 aliphatic carbocycles. The molecule has 1 aromatic carbocycles. The molecule has 9 nitrogen and oxygen atoms in total. The number of carbonyl (C=O) groups is 1. The molecule has 0 radical (unpaired) electrons. The molecule has 178 valence electrons. The van der Waals surface area contributed by atoms with Crippen molar-refractivity contribution in [3.05, 3.63) is 64.9 Å². The van der Waals surface area contributed by atoms with Crippen LogP contribution in [-0.2, 0) is 6.18 Å². The summed E-state index contributed by atoms with van der Waals surface area (Å²) in [5.41, 5.74) is 2.25. The van der Waals surface area contributed by atoms with Gasteiger partial charge in [-0.05, 0) is 36.3 Å². The van der Waals surface area contributed by atoms with E-state index in [1.807, 2.05) is 24.0 Å². The summed E-state index contributed by atoms with van der Waals surface area (Å²) in [6, 6.07) is 5.88. The minimum Gasteiger partial charge on any atom is -0.357 e. The Bertz CT molecular complexity index is 1400. The molecule has 0 spiro atoms. The van der Waals surface area contributed by atoms with E-state index in [2.05, 4.69) is 35.6 Å². The molecular formula is C23H19F3N8O. The van der Waals surface area contributed by atoms with Gasteiger partial charge in [-0.3, -0.25) is 9.79 Å². The number of amides is 1. The molecule has 2 N–H and O–H groups in total. The Morgan fingerprint density at radius 2 is 1.97 bits per heavy atom. The van der Waals surface area contributed by atoms with Crippen molar-refractivity contribution in [2.24, 2.45) is 4.99 Å². The summed E-state index contributed by atoms with van der Waals surface area (Å²) in [6.45, 7) is 3.21. The number of nitrogens with one attached hydrogen (secondary N) is 2. The molecule has 35 heavy (non-hydrogen) atoms. The van der Waals surface area contributed by atoms with Crippen LogP contribution in [0, 0.1) is 6.92 Å². The smallest absolute Gasteiger partial charge is 0.357 e. The van der Waals surface area contributed by atoms with Crippen molar-refractivity contribution >= 4 is 40.8 Å². The highest BCUT2D eigenvalue weighted by molar-refractivity contribution is 6.36. The molecule has 0 atom stereocenters. The van der Waals surface area contributed by atoms with Crippen LogP contribution in [0.5, 0.6) is 0 Å². The van der Waals surface area contributed by atoms with E-state index in [0.29, 0.717) is 30.8 Å². The van der Waals surface area contributed by atoms with Crippen LogP contribution in [0.1, 0.15) is 32.9 Å². The molecular weight excluding hydrogens is 461 g/mol. The second-order valence-corrected chi connectivity index (χ2v) is 7.91. The summed E-state index contributed by atoms with van der Waals surface area (Å²) in [4.78, 5) is 35.1. The van der Waals surface area contributed by atoms with Crippen molar-refractivity contribution in [2.45, 2.75) is 13.1 Å². The SMILES string of the molecule is CNc1ncc2c(n1)N1CCN=C1C(c1cc(NC(=O)c3cc(C(F)(F)F)ncn3)ccc1C)=C2. The highest BCUT2D eigenvalue weighted by Crippen LogP contribution is 2.37. The average molecular weight is 480 g/mol. The fourth-order valence-corrected chi connectivity index (χ4v) is 3.94. The molecule has 0 saturated heterocycles. The summed E-state index contributed by atoms with van der Waals surface area (Å²) in [7, 11) is 1.75. The quantitative estimate of drug-likeness (QED) is 0.587. The van der Waals surface area contributed by atoms with E-state index in [-0.39, 0.29) is 5.69 Å². The maximum atomic E-state index is 13.0. The Morgan fingerprint density at radius 1 is 1.14 bits per heavy atom. The number of aliphatic imine (C=N–C) groups is 1. The number of nitrogens with zero attached hydrogens (tertiary/aromatic N) is 6. The van der Waals surface area contributed by atoms with E-state index in [1.54, 1.807) is 25.4 Å². The number of benzene rings is 1. The lowest BCUT2D eigenvalue weighted by atomic mass is 9.94. The van der Waals surface area contributed by atoms with Crippen molar-refractivity contribution in [2.75, 3.05) is 35.7 Å². The summed E-state index contributed by atoms with van der Waals surface area (Å²) in [5.74, 6) is 1.25. The number of anilines is 3. The first kappa shape index (κ1) is 22.4. The number of aryl methyl sites for hydroxylation is 1. The topological polar surface area (TPSA) is 108 Å². The molecule has 2 aromatic heterocycles. The zero-order chi connectivity index (χ0) is 24.7. The Kier molecular flexibility index (Phi) is 5.42. The monoisotopic (exact) mass is 480 g/mol. The molecule has 1 amide bonds. The van der Waals surface area contributed by atoms with Gasteiger partial charge in [0.2, 0.25) is 5.95 Å². The number of rotatable bonds is 4. The fourth-order valence-electron chi connectivity index (χ4n) is 3.94. The second kappa shape index (κ2) is 8.46. The number of aromatic nitrogens is 4. The van der Waals surface area contributed by atoms with Gasteiger partial charge in [-0.2, -0.15) is 18.2 Å². The van der Waals surface area contributed by atoms with Crippen molar-refractivity contribution in [3.63, 3.8) is 0 Å². The molecule has 0 unspecified atom stereocenters. The van der Waals surface area contributed by atoms with Crippen LogP contribution in [0.2, 0.25) is 0 Å². The molecule has 2 aliphatic heterocycles. The zero-order valence-corrected chi connectivity index (χ0v) is 18.7. The van der Waals surface area contributed by atoms with Crippen molar-refractivity contribution in [1.29, 1.82) is 0 Å². The van der Waals surface area contributed by atoms with E-state index < -0.39 is 17.8 Å². The van der Waals surface area contributed by atoms with Crippen LogP contribution in [0.15, 0.2) is 41.8 Å². The van der Waals surface area contributed by atoms with Crippen molar-refractivity contribution in [1.82, 2.24) is 19.9 Å². The first-order chi connectivity index (χ1) is 16.7. The third kappa shape index (κ3) is 4.18. The first-order valence-electron chi connectivity index (χ1n) is 10.6.